The monoisotopic (exact) mass is 249 g/mol. The molecule has 98 valence electrons. The van der Waals surface area contributed by atoms with Gasteiger partial charge in [-0.05, 0) is 13.3 Å². The number of hydrogen-bond acceptors (Lipinski definition) is 4. The number of nitrogens with zero attached hydrogens (tertiary/aromatic N) is 4. The lowest BCUT2D eigenvalue weighted by Gasteiger charge is -2.05. The van der Waals surface area contributed by atoms with E-state index in [0.29, 0.717) is 11.7 Å². The van der Waals surface area contributed by atoms with Gasteiger partial charge in [0.15, 0.2) is 0 Å². The Morgan fingerprint density at radius 2 is 2.17 bits per heavy atom. The number of anilines is 1. The molecule has 2 aromatic heterocycles. The lowest BCUT2D eigenvalue weighted by atomic mass is 10.2. The maximum absolute atomic E-state index is 6.13. The molecule has 0 atom stereocenters. The molecule has 0 saturated heterocycles. The first-order chi connectivity index (χ1) is 8.60. The van der Waals surface area contributed by atoms with Crippen LogP contribution in [0.15, 0.2) is 6.33 Å². The molecule has 0 amide bonds. The summed E-state index contributed by atoms with van der Waals surface area (Å²) in [7, 11) is 3.47. The Bertz CT molecular complexity index is 555. The quantitative estimate of drug-likeness (QED) is 0.893. The van der Waals surface area contributed by atoms with Crippen LogP contribution in [0.25, 0.3) is 11.3 Å². The first-order valence-corrected chi connectivity index (χ1v) is 5.98. The Kier molecular flexibility index (Phi) is 3.27. The molecule has 0 aliphatic heterocycles. The first-order valence-electron chi connectivity index (χ1n) is 5.98. The zero-order chi connectivity index (χ0) is 13.3. The molecular formula is C12H19N5O. The molecular weight excluding hydrogens is 230 g/mol. The van der Waals surface area contributed by atoms with E-state index in [4.69, 9.17) is 10.5 Å². The van der Waals surface area contributed by atoms with Crippen molar-refractivity contribution in [1.29, 1.82) is 0 Å². The minimum absolute atomic E-state index is 0.659. The van der Waals surface area contributed by atoms with Crippen molar-refractivity contribution in [3.05, 3.63) is 12.0 Å². The summed E-state index contributed by atoms with van der Waals surface area (Å²) in [6.07, 6.45) is 2.78. The number of hydrogen-bond donors (Lipinski definition) is 1. The second-order valence-corrected chi connectivity index (χ2v) is 4.27. The summed E-state index contributed by atoms with van der Waals surface area (Å²) < 4.78 is 9.01. The lowest BCUT2D eigenvalue weighted by Crippen LogP contribution is -2.02. The molecule has 0 bridgehead atoms. The van der Waals surface area contributed by atoms with Crippen LogP contribution in [-0.2, 0) is 13.6 Å². The van der Waals surface area contributed by atoms with Crippen molar-refractivity contribution in [1.82, 2.24) is 19.3 Å². The molecule has 0 spiro atoms. The van der Waals surface area contributed by atoms with E-state index in [1.54, 1.807) is 18.1 Å². The van der Waals surface area contributed by atoms with Crippen LogP contribution >= 0.6 is 0 Å². The molecule has 2 rings (SSSR count). The second kappa shape index (κ2) is 4.72. The average Bonchev–Trinajstić information content (AvgIpc) is 2.81. The van der Waals surface area contributed by atoms with E-state index in [1.807, 2.05) is 18.5 Å². The Hall–Kier alpha value is -1.98. The molecule has 18 heavy (non-hydrogen) atoms. The fourth-order valence-electron chi connectivity index (χ4n) is 2.15. The van der Waals surface area contributed by atoms with Crippen LogP contribution in [0.1, 0.15) is 19.0 Å². The maximum atomic E-state index is 6.13. The Balaban J connectivity index is 2.55. The van der Waals surface area contributed by atoms with Crippen molar-refractivity contribution in [2.45, 2.75) is 26.8 Å². The molecule has 2 heterocycles. The topological polar surface area (TPSA) is 70.9 Å². The first kappa shape index (κ1) is 12.5. The smallest absolute Gasteiger partial charge is 0.221 e. The van der Waals surface area contributed by atoms with Crippen LogP contribution in [0.2, 0.25) is 0 Å². The van der Waals surface area contributed by atoms with Crippen LogP contribution in [0.4, 0.5) is 5.82 Å². The molecule has 6 heteroatoms. The van der Waals surface area contributed by atoms with E-state index in [1.165, 1.54) is 0 Å². The summed E-state index contributed by atoms with van der Waals surface area (Å²) in [6.45, 7) is 4.89. The largest absolute Gasteiger partial charge is 0.481 e. The number of nitrogen functional groups attached to an aromatic ring is 1. The summed E-state index contributed by atoms with van der Waals surface area (Å²) in [5.41, 5.74) is 8.60. The van der Waals surface area contributed by atoms with Gasteiger partial charge in [-0.15, -0.1) is 0 Å². The fourth-order valence-corrected chi connectivity index (χ4v) is 2.15. The van der Waals surface area contributed by atoms with Gasteiger partial charge in [0.05, 0.1) is 24.7 Å². The Morgan fingerprint density at radius 1 is 1.44 bits per heavy atom. The van der Waals surface area contributed by atoms with Crippen LogP contribution in [-0.4, -0.2) is 26.4 Å². The number of nitrogens with two attached hydrogens (primary N) is 1. The average molecular weight is 249 g/mol. The maximum Gasteiger partial charge on any atom is 0.221 e. The minimum atomic E-state index is 0.659. The summed E-state index contributed by atoms with van der Waals surface area (Å²) in [6, 6.07) is 0. The van der Waals surface area contributed by atoms with Gasteiger partial charge in [-0.3, -0.25) is 0 Å². The number of methoxy groups -OCH3 is 1. The van der Waals surface area contributed by atoms with Crippen LogP contribution in [0.3, 0.4) is 0 Å². The van der Waals surface area contributed by atoms with Crippen LogP contribution < -0.4 is 10.5 Å². The van der Waals surface area contributed by atoms with Crippen LogP contribution in [0.5, 0.6) is 5.88 Å². The summed E-state index contributed by atoms with van der Waals surface area (Å²) in [4.78, 5) is 4.39. The summed E-state index contributed by atoms with van der Waals surface area (Å²) >= 11 is 0. The minimum Gasteiger partial charge on any atom is -0.481 e. The SMILES string of the molecule is CCCn1cnc(-c2c(C)nn(C)c2OC)c1N. The predicted molar refractivity (Wildman–Crippen MR) is 70.4 cm³/mol. The van der Waals surface area contributed by atoms with Gasteiger partial charge >= 0.3 is 0 Å². The molecule has 0 aromatic carbocycles. The van der Waals surface area contributed by atoms with Crippen LogP contribution in [0, 0.1) is 6.92 Å². The highest BCUT2D eigenvalue weighted by Crippen LogP contribution is 2.34. The molecule has 0 unspecified atom stereocenters. The number of rotatable bonds is 4. The normalized spacial score (nSPS) is 10.9. The van der Waals surface area contributed by atoms with Gasteiger partial charge in [0.25, 0.3) is 0 Å². The Labute approximate surface area is 106 Å². The third-order valence-electron chi connectivity index (χ3n) is 2.94. The summed E-state index contributed by atoms with van der Waals surface area (Å²) in [5, 5.41) is 4.34. The standard InChI is InChI=1S/C12H19N5O/c1-5-6-17-7-14-10(11(17)13)9-8(2)15-16(3)12(9)18-4/h7H,5-6,13H2,1-4H3. The van der Waals surface area contributed by atoms with E-state index in [9.17, 15) is 0 Å². The number of ether oxygens (including phenoxy) is 1. The molecule has 0 aliphatic rings. The van der Waals surface area contributed by atoms with Gasteiger partial charge in [0.2, 0.25) is 5.88 Å². The zero-order valence-corrected chi connectivity index (χ0v) is 11.3. The molecule has 0 fully saturated rings. The van der Waals surface area contributed by atoms with Gasteiger partial charge in [-0.2, -0.15) is 5.10 Å². The second-order valence-electron chi connectivity index (χ2n) is 4.27. The van der Waals surface area contributed by atoms with E-state index >= 15 is 0 Å². The fraction of sp³-hybridized carbons (Fsp3) is 0.500. The third kappa shape index (κ3) is 1.83. The van der Waals surface area contributed by atoms with Crippen molar-refractivity contribution in [3.8, 4) is 17.1 Å². The zero-order valence-electron chi connectivity index (χ0n) is 11.3. The van der Waals surface area contributed by atoms with Gasteiger partial charge in [0, 0.05) is 13.6 Å². The molecule has 6 nitrogen and oxygen atoms in total. The number of aryl methyl sites for hydroxylation is 3. The van der Waals surface area contributed by atoms with Gasteiger partial charge in [-0.1, -0.05) is 6.92 Å². The van der Waals surface area contributed by atoms with Gasteiger partial charge < -0.3 is 15.0 Å². The molecule has 2 N–H and O–H groups in total. The van der Waals surface area contributed by atoms with Crippen molar-refractivity contribution < 1.29 is 4.74 Å². The highest BCUT2D eigenvalue weighted by Gasteiger charge is 2.21. The van der Waals surface area contributed by atoms with E-state index < -0.39 is 0 Å². The number of aromatic nitrogens is 4. The summed E-state index contributed by atoms with van der Waals surface area (Å²) in [5.74, 6) is 1.34. The van der Waals surface area contributed by atoms with Crippen molar-refractivity contribution in [2.24, 2.45) is 7.05 Å². The highest BCUT2D eigenvalue weighted by molar-refractivity contribution is 5.76. The van der Waals surface area contributed by atoms with Crippen molar-refractivity contribution in [3.63, 3.8) is 0 Å². The predicted octanol–water partition coefficient (Wildman–Crippen LogP) is 1.59. The molecule has 0 radical (unpaired) electrons. The van der Waals surface area contributed by atoms with Crippen molar-refractivity contribution >= 4 is 5.82 Å². The van der Waals surface area contributed by atoms with Gasteiger partial charge in [-0.25, -0.2) is 9.67 Å². The van der Waals surface area contributed by atoms with E-state index in [0.717, 1.165) is 29.9 Å². The lowest BCUT2D eigenvalue weighted by molar-refractivity contribution is 0.374. The highest BCUT2D eigenvalue weighted by atomic mass is 16.5. The number of imidazole rings is 1. The Morgan fingerprint density at radius 3 is 2.78 bits per heavy atom. The van der Waals surface area contributed by atoms with E-state index in [2.05, 4.69) is 17.0 Å². The molecule has 2 aromatic rings. The molecule has 0 aliphatic carbocycles. The third-order valence-corrected chi connectivity index (χ3v) is 2.94. The van der Waals surface area contributed by atoms with E-state index in [-0.39, 0.29) is 0 Å². The van der Waals surface area contributed by atoms with Crippen molar-refractivity contribution in [2.75, 3.05) is 12.8 Å². The van der Waals surface area contributed by atoms with Gasteiger partial charge in [0.1, 0.15) is 11.5 Å². The molecule has 0 saturated carbocycles.